The number of esters is 1. The quantitative estimate of drug-likeness (QED) is 0.725. The van der Waals surface area contributed by atoms with Gasteiger partial charge in [0, 0.05) is 6.54 Å². The van der Waals surface area contributed by atoms with Gasteiger partial charge in [0.2, 0.25) is 0 Å². The van der Waals surface area contributed by atoms with E-state index in [2.05, 4.69) is 5.10 Å². The number of ether oxygens (including phenoxy) is 1. The maximum absolute atomic E-state index is 12.9. The van der Waals surface area contributed by atoms with Crippen molar-refractivity contribution in [1.82, 2.24) is 9.78 Å². The second kappa shape index (κ2) is 6.32. The Balaban J connectivity index is 2.97. The van der Waals surface area contributed by atoms with Crippen LogP contribution in [-0.2, 0) is 11.3 Å². The fourth-order valence-corrected chi connectivity index (χ4v) is 1.48. The molecule has 0 aliphatic rings. The van der Waals surface area contributed by atoms with Gasteiger partial charge in [-0.05, 0) is 13.3 Å². The SMILES string of the molecule is CCCCn1ncc(C(=O)OCC)c1C(F)F. The Bertz CT molecular complexity index is 378. The molecule has 0 aliphatic heterocycles. The van der Waals surface area contributed by atoms with Crippen LogP contribution >= 0.6 is 0 Å². The first-order valence-electron chi connectivity index (χ1n) is 5.62. The highest BCUT2D eigenvalue weighted by molar-refractivity contribution is 5.90. The molecule has 0 aliphatic carbocycles. The molecule has 4 nitrogen and oxygen atoms in total. The molecule has 1 aromatic heterocycles. The zero-order chi connectivity index (χ0) is 12.8. The molecule has 0 bridgehead atoms. The van der Waals surface area contributed by atoms with E-state index < -0.39 is 12.4 Å². The van der Waals surface area contributed by atoms with Crippen molar-refractivity contribution >= 4 is 5.97 Å². The molecular formula is C11H16F2N2O2. The summed E-state index contributed by atoms with van der Waals surface area (Å²) in [6, 6.07) is 0. The van der Waals surface area contributed by atoms with E-state index in [4.69, 9.17) is 4.74 Å². The van der Waals surface area contributed by atoms with Crippen LogP contribution in [0, 0.1) is 0 Å². The first-order valence-corrected chi connectivity index (χ1v) is 5.62. The highest BCUT2D eigenvalue weighted by atomic mass is 19.3. The van der Waals surface area contributed by atoms with Gasteiger partial charge in [-0.1, -0.05) is 13.3 Å². The highest BCUT2D eigenvalue weighted by Gasteiger charge is 2.25. The summed E-state index contributed by atoms with van der Waals surface area (Å²) in [5, 5.41) is 3.81. The minimum absolute atomic E-state index is 0.141. The van der Waals surface area contributed by atoms with Gasteiger partial charge in [-0.15, -0.1) is 0 Å². The molecule has 1 rings (SSSR count). The van der Waals surface area contributed by atoms with E-state index in [1.807, 2.05) is 6.92 Å². The first-order chi connectivity index (χ1) is 8.11. The van der Waals surface area contributed by atoms with Crippen molar-refractivity contribution < 1.29 is 18.3 Å². The molecular weight excluding hydrogens is 230 g/mol. The summed E-state index contributed by atoms with van der Waals surface area (Å²) in [6.45, 7) is 4.12. The molecule has 96 valence electrons. The number of hydrogen-bond donors (Lipinski definition) is 0. The number of aryl methyl sites for hydroxylation is 1. The van der Waals surface area contributed by atoms with Crippen LogP contribution in [0.2, 0.25) is 0 Å². The lowest BCUT2D eigenvalue weighted by Gasteiger charge is -2.07. The van der Waals surface area contributed by atoms with Crippen LogP contribution < -0.4 is 0 Å². The predicted octanol–water partition coefficient (Wildman–Crippen LogP) is 2.80. The third-order valence-electron chi connectivity index (χ3n) is 2.31. The van der Waals surface area contributed by atoms with Crippen molar-refractivity contribution in [3.63, 3.8) is 0 Å². The third-order valence-corrected chi connectivity index (χ3v) is 2.31. The minimum Gasteiger partial charge on any atom is -0.462 e. The van der Waals surface area contributed by atoms with Crippen LogP contribution in [0.15, 0.2) is 6.20 Å². The van der Waals surface area contributed by atoms with Gasteiger partial charge in [0.15, 0.2) is 0 Å². The number of aromatic nitrogens is 2. The highest BCUT2D eigenvalue weighted by Crippen LogP contribution is 2.23. The van der Waals surface area contributed by atoms with Crippen molar-refractivity contribution in [1.29, 1.82) is 0 Å². The summed E-state index contributed by atoms with van der Waals surface area (Å²) in [5.74, 6) is -0.745. The summed E-state index contributed by atoms with van der Waals surface area (Å²) >= 11 is 0. The lowest BCUT2D eigenvalue weighted by Crippen LogP contribution is -2.11. The Labute approximate surface area is 98.6 Å². The lowest BCUT2D eigenvalue weighted by molar-refractivity contribution is 0.0513. The largest absolute Gasteiger partial charge is 0.462 e. The zero-order valence-corrected chi connectivity index (χ0v) is 9.95. The fraction of sp³-hybridized carbons (Fsp3) is 0.636. The summed E-state index contributed by atoms with van der Waals surface area (Å²) in [6.07, 6.45) is 0.0320. The molecule has 0 radical (unpaired) electrons. The van der Waals surface area contributed by atoms with E-state index in [-0.39, 0.29) is 17.9 Å². The minimum atomic E-state index is -2.73. The number of nitrogens with zero attached hydrogens (tertiary/aromatic N) is 2. The van der Waals surface area contributed by atoms with E-state index in [0.717, 1.165) is 19.0 Å². The third kappa shape index (κ3) is 3.25. The second-order valence-electron chi connectivity index (χ2n) is 3.54. The van der Waals surface area contributed by atoms with Crippen LogP contribution in [0.3, 0.4) is 0 Å². The molecule has 0 spiro atoms. The van der Waals surface area contributed by atoms with Crippen LogP contribution in [0.4, 0.5) is 8.78 Å². The monoisotopic (exact) mass is 246 g/mol. The molecule has 1 heterocycles. The lowest BCUT2D eigenvalue weighted by atomic mass is 10.2. The summed E-state index contributed by atoms with van der Waals surface area (Å²) in [7, 11) is 0. The van der Waals surface area contributed by atoms with Crippen molar-refractivity contribution in [3.8, 4) is 0 Å². The number of carbonyl (C=O) groups is 1. The van der Waals surface area contributed by atoms with Gasteiger partial charge in [-0.3, -0.25) is 4.68 Å². The first kappa shape index (κ1) is 13.6. The van der Waals surface area contributed by atoms with Crippen molar-refractivity contribution in [2.24, 2.45) is 0 Å². The van der Waals surface area contributed by atoms with Crippen LogP contribution in [0.25, 0.3) is 0 Å². The van der Waals surface area contributed by atoms with Crippen LogP contribution in [0.5, 0.6) is 0 Å². The Morgan fingerprint density at radius 1 is 1.53 bits per heavy atom. The molecule has 0 unspecified atom stereocenters. The fourth-order valence-electron chi connectivity index (χ4n) is 1.48. The Hall–Kier alpha value is -1.46. The van der Waals surface area contributed by atoms with E-state index in [1.54, 1.807) is 6.92 Å². The van der Waals surface area contributed by atoms with Gasteiger partial charge in [0.25, 0.3) is 6.43 Å². The number of carbonyl (C=O) groups excluding carboxylic acids is 1. The molecule has 0 saturated heterocycles. The van der Waals surface area contributed by atoms with Crippen molar-refractivity contribution in [2.75, 3.05) is 6.61 Å². The predicted molar refractivity (Wildman–Crippen MR) is 58.0 cm³/mol. The molecule has 17 heavy (non-hydrogen) atoms. The Kier molecular flexibility index (Phi) is 5.06. The maximum Gasteiger partial charge on any atom is 0.341 e. The van der Waals surface area contributed by atoms with E-state index in [0.29, 0.717) is 6.54 Å². The van der Waals surface area contributed by atoms with Crippen LogP contribution in [-0.4, -0.2) is 22.4 Å². The van der Waals surface area contributed by atoms with Gasteiger partial charge >= 0.3 is 5.97 Å². The molecule has 0 aromatic carbocycles. The average Bonchev–Trinajstić information content (AvgIpc) is 2.70. The van der Waals surface area contributed by atoms with Gasteiger partial charge in [-0.2, -0.15) is 5.10 Å². The molecule has 0 N–H and O–H groups in total. The van der Waals surface area contributed by atoms with Gasteiger partial charge in [-0.25, -0.2) is 13.6 Å². The topological polar surface area (TPSA) is 44.1 Å². The summed E-state index contributed by atoms with van der Waals surface area (Å²) in [4.78, 5) is 11.4. The smallest absolute Gasteiger partial charge is 0.341 e. The summed E-state index contributed by atoms with van der Waals surface area (Å²) < 4.78 is 31.7. The average molecular weight is 246 g/mol. The molecule has 0 saturated carbocycles. The number of hydrogen-bond acceptors (Lipinski definition) is 3. The summed E-state index contributed by atoms with van der Waals surface area (Å²) in [5.41, 5.74) is -0.491. The van der Waals surface area contributed by atoms with E-state index in [1.165, 1.54) is 4.68 Å². The van der Waals surface area contributed by atoms with Crippen molar-refractivity contribution in [3.05, 3.63) is 17.5 Å². The zero-order valence-electron chi connectivity index (χ0n) is 9.95. The number of rotatable bonds is 6. The number of alkyl halides is 2. The second-order valence-corrected chi connectivity index (χ2v) is 3.54. The molecule has 0 fully saturated rings. The Morgan fingerprint density at radius 3 is 2.76 bits per heavy atom. The standard InChI is InChI=1S/C11H16F2N2O2/c1-3-5-6-15-9(10(12)13)8(7-14-15)11(16)17-4-2/h7,10H,3-6H2,1-2H3. The van der Waals surface area contributed by atoms with E-state index >= 15 is 0 Å². The van der Waals surface area contributed by atoms with Gasteiger partial charge in [0.05, 0.1) is 12.8 Å². The maximum atomic E-state index is 12.9. The van der Waals surface area contributed by atoms with E-state index in [9.17, 15) is 13.6 Å². The Morgan fingerprint density at radius 2 is 2.24 bits per heavy atom. The molecule has 0 amide bonds. The molecule has 0 atom stereocenters. The molecule has 6 heteroatoms. The van der Waals surface area contributed by atoms with Gasteiger partial charge in [0.1, 0.15) is 11.3 Å². The molecule has 1 aromatic rings. The number of halogens is 2. The number of unbranched alkanes of at least 4 members (excludes halogenated alkanes) is 1. The van der Waals surface area contributed by atoms with Crippen LogP contribution in [0.1, 0.15) is 49.2 Å². The van der Waals surface area contributed by atoms with Crippen molar-refractivity contribution in [2.45, 2.75) is 39.7 Å². The van der Waals surface area contributed by atoms with Gasteiger partial charge < -0.3 is 4.74 Å². The normalized spacial score (nSPS) is 10.9.